The van der Waals surface area contributed by atoms with E-state index in [1.165, 1.54) is 6.07 Å². The number of rotatable bonds is 3. The summed E-state index contributed by atoms with van der Waals surface area (Å²) >= 11 is 6.17. The van der Waals surface area contributed by atoms with Crippen LogP contribution in [0.5, 0.6) is 0 Å². The number of carboxylic acid groups (broad SMARTS) is 1. The Kier molecular flexibility index (Phi) is 3.44. The van der Waals surface area contributed by atoms with Gasteiger partial charge >= 0.3 is 5.97 Å². The molecule has 0 saturated carbocycles. The van der Waals surface area contributed by atoms with Crippen molar-refractivity contribution in [3.05, 3.63) is 33.3 Å². The van der Waals surface area contributed by atoms with E-state index in [1.54, 1.807) is 0 Å². The first-order chi connectivity index (χ1) is 8.45. The summed E-state index contributed by atoms with van der Waals surface area (Å²) in [4.78, 5) is 22.4. The number of carboxylic acids is 1. The molecule has 0 amide bonds. The summed E-state index contributed by atoms with van der Waals surface area (Å²) in [5.74, 6) is -1.76. The molecule has 1 aromatic carbocycles. The summed E-state index contributed by atoms with van der Waals surface area (Å²) in [5, 5.41) is 9.33. The molecule has 1 unspecified atom stereocenters. The van der Waals surface area contributed by atoms with E-state index < -0.39 is 11.8 Å². The van der Waals surface area contributed by atoms with E-state index in [9.17, 15) is 9.59 Å². The molecule has 0 bridgehead atoms. The van der Waals surface area contributed by atoms with Crippen molar-refractivity contribution in [3.8, 4) is 0 Å². The van der Waals surface area contributed by atoms with Gasteiger partial charge in [0.05, 0.1) is 0 Å². The van der Waals surface area contributed by atoms with Gasteiger partial charge in [-0.2, -0.15) is 0 Å². The topological polar surface area (TPSA) is 54.4 Å². The number of fused-ring (bicyclic) bond motifs is 1. The predicted octanol–water partition coefficient (Wildman–Crippen LogP) is 3.04. The number of Topliss-reactive ketones (excluding diaryl/α,β-unsaturated/α-hetero) is 1. The number of benzene rings is 1. The summed E-state index contributed by atoms with van der Waals surface area (Å²) in [6.07, 6.45) is 2.87. The Labute approximate surface area is 111 Å². The van der Waals surface area contributed by atoms with Crippen LogP contribution < -0.4 is 0 Å². The third-order valence-corrected chi connectivity index (χ3v) is 4.12. The van der Waals surface area contributed by atoms with Crippen molar-refractivity contribution in [2.24, 2.45) is 5.92 Å². The average Bonchev–Trinajstić information content (AvgIpc) is 2.77. The molecule has 0 radical (unpaired) electrons. The van der Waals surface area contributed by atoms with Gasteiger partial charge in [-0.25, -0.2) is 4.79 Å². The molecule has 1 aliphatic carbocycles. The fourth-order valence-corrected chi connectivity index (χ4v) is 2.94. The largest absolute Gasteiger partial charge is 0.475 e. The number of carbonyl (C=O) groups is 2. The van der Waals surface area contributed by atoms with Gasteiger partial charge in [0.15, 0.2) is 0 Å². The maximum Gasteiger partial charge on any atom is 0.377 e. The fourth-order valence-electron chi connectivity index (χ4n) is 2.64. The summed E-state index contributed by atoms with van der Waals surface area (Å²) < 4.78 is 0. The molecular formula is C14H15ClO3. The highest BCUT2D eigenvalue weighted by Gasteiger charge is 2.28. The van der Waals surface area contributed by atoms with E-state index in [-0.39, 0.29) is 5.56 Å². The van der Waals surface area contributed by atoms with Crippen LogP contribution in [0.2, 0.25) is 5.02 Å². The molecule has 0 aliphatic heterocycles. The van der Waals surface area contributed by atoms with Crippen LogP contribution in [0.15, 0.2) is 6.07 Å². The fraction of sp³-hybridized carbons (Fsp3) is 0.429. The van der Waals surface area contributed by atoms with Crippen molar-refractivity contribution in [1.29, 1.82) is 0 Å². The Hall–Kier alpha value is -1.35. The summed E-state index contributed by atoms with van der Waals surface area (Å²) in [6.45, 7) is 3.94. The Morgan fingerprint density at radius 1 is 1.39 bits per heavy atom. The number of aliphatic carboxylic acids is 1. The van der Waals surface area contributed by atoms with Crippen LogP contribution in [0.1, 0.15) is 40.4 Å². The van der Waals surface area contributed by atoms with E-state index in [2.05, 4.69) is 6.92 Å². The number of halogens is 1. The lowest BCUT2D eigenvalue weighted by molar-refractivity contribution is -0.131. The third-order valence-electron chi connectivity index (χ3n) is 3.78. The summed E-state index contributed by atoms with van der Waals surface area (Å²) in [5.41, 5.74) is 3.16. The zero-order valence-corrected chi connectivity index (χ0v) is 11.2. The van der Waals surface area contributed by atoms with Crippen LogP contribution >= 0.6 is 11.6 Å². The van der Waals surface area contributed by atoms with Crippen LogP contribution in [-0.4, -0.2) is 16.9 Å². The quantitative estimate of drug-likeness (QED) is 0.676. The smallest absolute Gasteiger partial charge is 0.377 e. The van der Waals surface area contributed by atoms with Crippen molar-refractivity contribution in [3.63, 3.8) is 0 Å². The zero-order chi connectivity index (χ0) is 13.4. The number of carbonyl (C=O) groups excluding carboxylic acids is 1. The van der Waals surface area contributed by atoms with Gasteiger partial charge in [0.1, 0.15) is 0 Å². The second kappa shape index (κ2) is 4.73. The molecule has 0 fully saturated rings. The van der Waals surface area contributed by atoms with Gasteiger partial charge in [-0.1, -0.05) is 24.9 Å². The lowest BCUT2D eigenvalue weighted by Gasteiger charge is -2.10. The Balaban J connectivity index is 2.53. The van der Waals surface area contributed by atoms with Crippen molar-refractivity contribution in [1.82, 2.24) is 0 Å². The highest BCUT2D eigenvalue weighted by Crippen LogP contribution is 2.37. The maximum atomic E-state index is 11.6. The molecule has 1 atom stereocenters. The standard InChI is InChI=1S/C14H15ClO3/c1-3-8-4-9-7(2)10(13(16)14(17)18)6-12(15)11(9)5-8/h6,8H,3-5H2,1-2H3,(H,17,18). The SMILES string of the molecule is CCC1Cc2c(Cl)cc(C(=O)C(=O)O)c(C)c2C1. The van der Waals surface area contributed by atoms with E-state index in [0.29, 0.717) is 10.9 Å². The van der Waals surface area contributed by atoms with E-state index in [0.717, 1.165) is 36.0 Å². The van der Waals surface area contributed by atoms with Crippen LogP contribution in [0, 0.1) is 12.8 Å². The van der Waals surface area contributed by atoms with Crippen molar-refractivity contribution in [2.75, 3.05) is 0 Å². The molecule has 0 aromatic heterocycles. The number of hydrogen-bond donors (Lipinski definition) is 1. The maximum absolute atomic E-state index is 11.6. The molecule has 0 saturated heterocycles. The molecular weight excluding hydrogens is 252 g/mol. The van der Waals surface area contributed by atoms with E-state index in [1.807, 2.05) is 6.92 Å². The van der Waals surface area contributed by atoms with E-state index in [4.69, 9.17) is 16.7 Å². The monoisotopic (exact) mass is 266 g/mol. The predicted molar refractivity (Wildman–Crippen MR) is 69.3 cm³/mol. The molecule has 4 heteroatoms. The minimum absolute atomic E-state index is 0.225. The Bertz CT molecular complexity index is 534. The van der Waals surface area contributed by atoms with Crippen molar-refractivity contribution < 1.29 is 14.7 Å². The first kappa shape index (κ1) is 13.1. The molecule has 0 heterocycles. The molecule has 18 heavy (non-hydrogen) atoms. The minimum Gasteiger partial charge on any atom is -0.475 e. The van der Waals surface area contributed by atoms with Crippen LogP contribution in [0.4, 0.5) is 0 Å². The second-order valence-electron chi connectivity index (χ2n) is 4.80. The van der Waals surface area contributed by atoms with Crippen LogP contribution in [-0.2, 0) is 17.6 Å². The summed E-state index contributed by atoms with van der Waals surface area (Å²) in [7, 11) is 0. The lowest BCUT2D eigenvalue weighted by atomic mass is 9.96. The van der Waals surface area contributed by atoms with Gasteiger partial charge in [-0.15, -0.1) is 0 Å². The van der Waals surface area contributed by atoms with Crippen LogP contribution in [0.25, 0.3) is 0 Å². The van der Waals surface area contributed by atoms with Gasteiger partial charge in [-0.3, -0.25) is 4.79 Å². The highest BCUT2D eigenvalue weighted by molar-refractivity contribution is 6.41. The summed E-state index contributed by atoms with van der Waals surface area (Å²) in [6, 6.07) is 1.50. The molecule has 2 rings (SSSR count). The third kappa shape index (κ3) is 2.03. The lowest BCUT2D eigenvalue weighted by Crippen LogP contribution is -2.15. The second-order valence-corrected chi connectivity index (χ2v) is 5.21. The number of hydrogen-bond acceptors (Lipinski definition) is 2. The molecule has 96 valence electrons. The number of ketones is 1. The van der Waals surface area contributed by atoms with Gasteiger partial charge in [0.2, 0.25) is 0 Å². The average molecular weight is 267 g/mol. The molecule has 0 spiro atoms. The highest BCUT2D eigenvalue weighted by atomic mass is 35.5. The first-order valence-electron chi connectivity index (χ1n) is 6.04. The van der Waals surface area contributed by atoms with Crippen LogP contribution in [0.3, 0.4) is 0 Å². The molecule has 1 N–H and O–H groups in total. The van der Waals surface area contributed by atoms with Gasteiger partial charge < -0.3 is 5.11 Å². The molecule has 1 aromatic rings. The van der Waals surface area contributed by atoms with E-state index >= 15 is 0 Å². The first-order valence-corrected chi connectivity index (χ1v) is 6.42. The van der Waals surface area contributed by atoms with Gasteiger partial charge in [0, 0.05) is 10.6 Å². The normalized spacial score (nSPS) is 17.6. The molecule has 3 nitrogen and oxygen atoms in total. The van der Waals surface area contributed by atoms with Crippen molar-refractivity contribution in [2.45, 2.75) is 33.1 Å². The zero-order valence-electron chi connectivity index (χ0n) is 10.4. The Morgan fingerprint density at radius 3 is 2.56 bits per heavy atom. The van der Waals surface area contributed by atoms with Crippen molar-refractivity contribution >= 4 is 23.4 Å². The van der Waals surface area contributed by atoms with Gasteiger partial charge in [0.25, 0.3) is 5.78 Å². The van der Waals surface area contributed by atoms with Gasteiger partial charge in [-0.05, 0) is 48.4 Å². The minimum atomic E-state index is -1.43. The molecule has 1 aliphatic rings. The Morgan fingerprint density at radius 2 is 2.00 bits per heavy atom.